The Morgan fingerprint density at radius 2 is 2.50 bits per heavy atom. The van der Waals surface area contributed by atoms with E-state index in [9.17, 15) is 0 Å². The van der Waals surface area contributed by atoms with Gasteiger partial charge in [0, 0.05) is 12.6 Å². The van der Waals surface area contributed by atoms with Crippen LogP contribution in [0.3, 0.4) is 0 Å². The van der Waals surface area contributed by atoms with Gasteiger partial charge < -0.3 is 0 Å². The predicted octanol–water partition coefficient (Wildman–Crippen LogP) is 0.871. The van der Waals surface area contributed by atoms with Crippen LogP contribution in [0.15, 0.2) is 0 Å². The Bertz CT molecular complexity index is 53.5. The summed E-state index contributed by atoms with van der Waals surface area (Å²) in [5, 5.41) is 0. The number of nitrogens with zero attached hydrogens (tertiary/aromatic N) is 1. The molecule has 1 aliphatic rings. The predicted molar refractivity (Wildman–Crippen MR) is 30.5 cm³/mol. The maximum Gasteiger partial charge on any atom is 0.0258 e. The fourth-order valence-electron chi connectivity index (χ4n) is 0.560. The second-order valence-corrected chi connectivity index (χ2v) is 2.42. The van der Waals surface area contributed by atoms with Crippen molar-refractivity contribution in [3.05, 3.63) is 0 Å². The standard InChI is InChI=1S/C4H10NP/c1-2-4-3-5(4)6/h4H,2-3,6H2,1H3. The van der Waals surface area contributed by atoms with E-state index in [4.69, 9.17) is 0 Å². The summed E-state index contributed by atoms with van der Waals surface area (Å²) in [6.45, 7) is 3.51. The zero-order valence-corrected chi connectivity index (χ0v) is 5.17. The van der Waals surface area contributed by atoms with Gasteiger partial charge in [-0.3, -0.25) is 4.67 Å². The molecule has 2 heteroatoms. The van der Waals surface area contributed by atoms with Gasteiger partial charge in [-0.2, -0.15) is 0 Å². The topological polar surface area (TPSA) is 3.01 Å². The van der Waals surface area contributed by atoms with E-state index >= 15 is 0 Å². The Hall–Kier alpha value is 0.390. The van der Waals surface area contributed by atoms with Crippen LogP contribution in [0, 0.1) is 0 Å². The normalized spacial score (nSPS) is 43.0. The van der Waals surface area contributed by atoms with Crippen molar-refractivity contribution in [3.8, 4) is 0 Å². The molecular weight excluding hydrogens is 93.0 g/mol. The smallest absolute Gasteiger partial charge is 0.0258 e. The van der Waals surface area contributed by atoms with Crippen LogP contribution in [0.25, 0.3) is 0 Å². The largest absolute Gasteiger partial charge is 0.282 e. The maximum atomic E-state index is 2.69. The van der Waals surface area contributed by atoms with Gasteiger partial charge in [-0.05, 0) is 6.42 Å². The molecule has 1 rings (SSSR count). The molecule has 1 fully saturated rings. The van der Waals surface area contributed by atoms with Gasteiger partial charge in [-0.1, -0.05) is 16.3 Å². The van der Waals surface area contributed by atoms with Crippen molar-refractivity contribution >= 4 is 9.39 Å². The van der Waals surface area contributed by atoms with Crippen LogP contribution in [0.4, 0.5) is 0 Å². The van der Waals surface area contributed by atoms with Crippen molar-refractivity contribution < 1.29 is 0 Å². The lowest BCUT2D eigenvalue weighted by Crippen LogP contribution is -1.81. The summed E-state index contributed by atoms with van der Waals surface area (Å²) in [4.78, 5) is 0. The summed E-state index contributed by atoms with van der Waals surface area (Å²) in [5.74, 6) is 0. The van der Waals surface area contributed by atoms with Gasteiger partial charge in [0.1, 0.15) is 0 Å². The number of hydrogen-bond acceptors (Lipinski definition) is 1. The first-order valence-corrected chi connectivity index (χ1v) is 2.87. The van der Waals surface area contributed by atoms with E-state index < -0.39 is 0 Å². The molecule has 0 aromatic heterocycles. The van der Waals surface area contributed by atoms with Crippen LogP contribution in [0.1, 0.15) is 13.3 Å². The molecule has 0 saturated carbocycles. The highest BCUT2D eigenvalue weighted by Gasteiger charge is 2.26. The lowest BCUT2D eigenvalue weighted by atomic mass is 10.4. The number of rotatable bonds is 1. The Labute approximate surface area is 41.0 Å². The van der Waals surface area contributed by atoms with Crippen molar-refractivity contribution in [3.63, 3.8) is 0 Å². The fraction of sp³-hybridized carbons (Fsp3) is 1.00. The monoisotopic (exact) mass is 103 g/mol. The van der Waals surface area contributed by atoms with E-state index in [-0.39, 0.29) is 0 Å². The molecule has 1 heterocycles. The molecule has 3 atom stereocenters. The molecule has 3 unspecified atom stereocenters. The molecule has 0 aliphatic carbocycles. The molecule has 36 valence electrons. The van der Waals surface area contributed by atoms with Crippen LogP contribution in [0.5, 0.6) is 0 Å². The molecule has 0 bridgehead atoms. The molecule has 0 N–H and O–H groups in total. The third-order valence-corrected chi connectivity index (χ3v) is 1.86. The molecule has 0 amide bonds. The van der Waals surface area contributed by atoms with Crippen molar-refractivity contribution in [2.24, 2.45) is 0 Å². The SMILES string of the molecule is CCC1CN1P. The average molecular weight is 103 g/mol. The fourth-order valence-corrected chi connectivity index (χ4v) is 1.01. The summed E-state index contributed by atoms with van der Waals surface area (Å²) in [7, 11) is 2.69. The van der Waals surface area contributed by atoms with Gasteiger partial charge in [0.05, 0.1) is 0 Å². The van der Waals surface area contributed by atoms with E-state index in [1.807, 2.05) is 0 Å². The molecule has 0 aromatic rings. The zero-order chi connectivity index (χ0) is 4.57. The molecule has 0 spiro atoms. The maximum absolute atomic E-state index is 2.69. The van der Waals surface area contributed by atoms with E-state index in [1.54, 1.807) is 0 Å². The second-order valence-electron chi connectivity index (χ2n) is 1.76. The van der Waals surface area contributed by atoms with Crippen LogP contribution in [-0.2, 0) is 0 Å². The van der Waals surface area contributed by atoms with Gasteiger partial charge in [0.2, 0.25) is 0 Å². The average Bonchev–Trinajstić information content (AvgIpc) is 2.19. The minimum atomic E-state index is 0.898. The molecule has 1 aliphatic heterocycles. The minimum Gasteiger partial charge on any atom is -0.282 e. The highest BCUT2D eigenvalue weighted by atomic mass is 31.0. The minimum absolute atomic E-state index is 0.898. The summed E-state index contributed by atoms with van der Waals surface area (Å²) < 4.78 is 2.26. The number of hydrogen-bond donors (Lipinski definition) is 0. The molecule has 0 aromatic carbocycles. The van der Waals surface area contributed by atoms with Gasteiger partial charge in [-0.15, -0.1) is 0 Å². The van der Waals surface area contributed by atoms with Crippen molar-refractivity contribution in [2.75, 3.05) is 6.54 Å². The summed E-state index contributed by atoms with van der Waals surface area (Å²) in [6, 6.07) is 0.898. The zero-order valence-electron chi connectivity index (χ0n) is 4.02. The van der Waals surface area contributed by atoms with Crippen molar-refractivity contribution in [1.82, 2.24) is 4.67 Å². The highest BCUT2D eigenvalue weighted by Crippen LogP contribution is 2.24. The van der Waals surface area contributed by atoms with Crippen molar-refractivity contribution in [2.45, 2.75) is 19.4 Å². The van der Waals surface area contributed by atoms with Crippen LogP contribution in [-0.4, -0.2) is 17.3 Å². The lowest BCUT2D eigenvalue weighted by Gasteiger charge is -1.82. The van der Waals surface area contributed by atoms with Gasteiger partial charge in [0.25, 0.3) is 0 Å². The van der Waals surface area contributed by atoms with E-state index in [0.29, 0.717) is 0 Å². The molecule has 1 nitrogen and oxygen atoms in total. The van der Waals surface area contributed by atoms with Crippen LogP contribution >= 0.6 is 9.39 Å². The second kappa shape index (κ2) is 1.48. The molecule has 6 heavy (non-hydrogen) atoms. The van der Waals surface area contributed by atoms with Gasteiger partial charge in [-0.25, -0.2) is 0 Å². The Morgan fingerprint density at radius 1 is 2.00 bits per heavy atom. The first-order valence-electron chi connectivity index (χ1n) is 2.36. The van der Waals surface area contributed by atoms with Crippen LogP contribution < -0.4 is 0 Å². The first-order chi connectivity index (χ1) is 2.84. The quantitative estimate of drug-likeness (QED) is 0.351. The summed E-state index contributed by atoms with van der Waals surface area (Å²) in [5.41, 5.74) is 0. The third kappa shape index (κ3) is 0.717. The summed E-state index contributed by atoms with van der Waals surface area (Å²) in [6.07, 6.45) is 1.31. The van der Waals surface area contributed by atoms with Crippen LogP contribution in [0.2, 0.25) is 0 Å². The van der Waals surface area contributed by atoms with Gasteiger partial charge in [0.15, 0.2) is 0 Å². The van der Waals surface area contributed by atoms with Gasteiger partial charge >= 0.3 is 0 Å². The van der Waals surface area contributed by atoms with E-state index in [0.717, 1.165) is 6.04 Å². The van der Waals surface area contributed by atoms with E-state index in [1.165, 1.54) is 13.0 Å². The van der Waals surface area contributed by atoms with Crippen molar-refractivity contribution in [1.29, 1.82) is 0 Å². The highest BCUT2D eigenvalue weighted by molar-refractivity contribution is 7.13. The Balaban J connectivity index is 2.09. The molecular formula is C4H10NP. The third-order valence-electron chi connectivity index (χ3n) is 1.23. The Kier molecular flexibility index (Phi) is 1.12. The lowest BCUT2D eigenvalue weighted by molar-refractivity contribution is 0.765. The Morgan fingerprint density at radius 3 is 2.50 bits per heavy atom. The summed E-state index contributed by atoms with van der Waals surface area (Å²) >= 11 is 0. The molecule has 1 saturated heterocycles. The molecule has 0 radical (unpaired) electrons. The first kappa shape index (κ1) is 4.55. The van der Waals surface area contributed by atoms with E-state index in [2.05, 4.69) is 21.0 Å².